The number of anilines is 2. The first-order valence-electron chi connectivity index (χ1n) is 8.24. The molecule has 0 aliphatic carbocycles. The second-order valence-corrected chi connectivity index (χ2v) is 10.6. The van der Waals surface area contributed by atoms with Crippen molar-refractivity contribution >= 4 is 48.9 Å². The third-order valence-electron chi connectivity index (χ3n) is 3.52. The van der Waals surface area contributed by atoms with Crippen LogP contribution in [0.15, 0.2) is 28.6 Å². The molecule has 0 saturated heterocycles. The Morgan fingerprint density at radius 2 is 1.66 bits per heavy atom. The molecule has 0 aliphatic heterocycles. The van der Waals surface area contributed by atoms with Crippen molar-refractivity contribution < 1.29 is 17.9 Å². The molecule has 29 heavy (non-hydrogen) atoms. The highest BCUT2D eigenvalue weighted by Crippen LogP contribution is 2.30. The van der Waals surface area contributed by atoms with Crippen molar-refractivity contribution in [1.82, 2.24) is 20.4 Å². The molecule has 3 rings (SSSR count). The number of sulfonamides is 1. The van der Waals surface area contributed by atoms with Gasteiger partial charge in [0.05, 0.1) is 7.11 Å². The molecule has 0 radical (unpaired) electrons. The van der Waals surface area contributed by atoms with E-state index in [4.69, 9.17) is 4.74 Å². The second-order valence-electron chi connectivity index (χ2n) is 6.82. The lowest BCUT2D eigenvalue weighted by Crippen LogP contribution is -2.27. The fourth-order valence-corrected chi connectivity index (χ4v) is 4.80. The number of ether oxygens (including phenoxy) is 1. The van der Waals surface area contributed by atoms with E-state index in [0.29, 0.717) is 10.8 Å². The third-order valence-corrected chi connectivity index (χ3v) is 7.08. The number of nitrogens with zero attached hydrogens (tertiary/aromatic N) is 4. The molecule has 0 spiro atoms. The Balaban J connectivity index is 1.73. The summed E-state index contributed by atoms with van der Waals surface area (Å²) in [5.41, 5.74) is 0.129. The van der Waals surface area contributed by atoms with Gasteiger partial charge in [-0.15, -0.1) is 20.4 Å². The van der Waals surface area contributed by atoms with Crippen LogP contribution in [-0.4, -0.2) is 41.8 Å². The first-order chi connectivity index (χ1) is 13.6. The number of benzene rings is 1. The number of methoxy groups -OCH3 is 1. The molecular formula is C16H18N6O4S3. The van der Waals surface area contributed by atoms with Crippen LogP contribution in [0.1, 0.15) is 20.8 Å². The van der Waals surface area contributed by atoms with Crippen molar-refractivity contribution in [3.63, 3.8) is 0 Å². The van der Waals surface area contributed by atoms with Crippen molar-refractivity contribution in [2.24, 2.45) is 5.41 Å². The molecule has 2 aromatic heterocycles. The Morgan fingerprint density at radius 1 is 1.00 bits per heavy atom. The van der Waals surface area contributed by atoms with Gasteiger partial charge in [-0.05, 0) is 24.3 Å². The molecule has 10 nitrogen and oxygen atoms in total. The maximum absolute atomic E-state index is 12.5. The minimum Gasteiger partial charge on any atom is -0.497 e. The minimum absolute atomic E-state index is 0.0892. The van der Waals surface area contributed by atoms with Gasteiger partial charge in [0.25, 0.3) is 14.4 Å². The Hall–Kier alpha value is -2.64. The first-order valence-corrected chi connectivity index (χ1v) is 11.4. The molecule has 0 unspecified atom stereocenters. The Morgan fingerprint density at radius 3 is 2.28 bits per heavy atom. The summed E-state index contributed by atoms with van der Waals surface area (Å²) in [6.07, 6.45) is 0. The summed E-state index contributed by atoms with van der Waals surface area (Å²) in [6.45, 7) is 5.20. The number of aromatic nitrogens is 4. The van der Waals surface area contributed by atoms with Gasteiger partial charge >= 0.3 is 0 Å². The molecule has 2 N–H and O–H groups in total. The average Bonchev–Trinajstić information content (AvgIpc) is 3.31. The quantitative estimate of drug-likeness (QED) is 0.543. The number of rotatable bonds is 6. The lowest BCUT2D eigenvalue weighted by Gasteiger charge is -2.15. The van der Waals surface area contributed by atoms with Crippen molar-refractivity contribution in [2.75, 3.05) is 17.1 Å². The molecule has 0 atom stereocenters. The topological polar surface area (TPSA) is 136 Å². The Kier molecular flexibility index (Phi) is 5.82. The maximum atomic E-state index is 12.5. The summed E-state index contributed by atoms with van der Waals surface area (Å²) in [6, 6.07) is 7.14. The molecule has 0 bridgehead atoms. The van der Waals surface area contributed by atoms with Crippen molar-refractivity contribution in [3.05, 3.63) is 24.3 Å². The van der Waals surface area contributed by atoms with E-state index in [1.165, 1.54) is 0 Å². The summed E-state index contributed by atoms with van der Waals surface area (Å²) < 4.78 is 32.2. The van der Waals surface area contributed by atoms with Gasteiger partial charge in [-0.2, -0.15) is 8.42 Å². The lowest BCUT2D eigenvalue weighted by molar-refractivity contribution is -0.123. The van der Waals surface area contributed by atoms with Crippen LogP contribution in [-0.2, 0) is 14.8 Å². The number of nitrogens with one attached hydrogen (secondary N) is 2. The summed E-state index contributed by atoms with van der Waals surface area (Å²) >= 11 is 1.82. The summed E-state index contributed by atoms with van der Waals surface area (Å²) in [5.74, 6) is 0.406. The van der Waals surface area contributed by atoms with Crippen LogP contribution in [0.2, 0.25) is 0 Å². The normalized spacial score (nSPS) is 11.9. The second kappa shape index (κ2) is 8.00. The average molecular weight is 455 g/mol. The first kappa shape index (κ1) is 21.1. The van der Waals surface area contributed by atoms with Crippen LogP contribution in [0.3, 0.4) is 0 Å². The third kappa shape index (κ3) is 5.05. The fourth-order valence-electron chi connectivity index (χ4n) is 1.93. The van der Waals surface area contributed by atoms with E-state index in [2.05, 4.69) is 30.4 Å². The largest absolute Gasteiger partial charge is 0.497 e. The van der Waals surface area contributed by atoms with Gasteiger partial charge in [0.15, 0.2) is 0 Å². The van der Waals surface area contributed by atoms with Gasteiger partial charge in [-0.25, -0.2) is 0 Å². The predicted octanol–water partition coefficient (Wildman–Crippen LogP) is 2.85. The smallest absolute Gasteiger partial charge is 0.293 e. The van der Waals surface area contributed by atoms with Crippen LogP contribution in [0.25, 0.3) is 10.6 Å². The van der Waals surface area contributed by atoms with Crippen LogP contribution in [0.4, 0.5) is 10.3 Å². The van der Waals surface area contributed by atoms with E-state index in [1.54, 1.807) is 52.1 Å². The van der Waals surface area contributed by atoms with Crippen molar-refractivity contribution in [2.45, 2.75) is 25.1 Å². The summed E-state index contributed by atoms with van der Waals surface area (Å²) in [7, 11) is -2.44. The van der Waals surface area contributed by atoms with Gasteiger partial charge < -0.3 is 10.1 Å². The van der Waals surface area contributed by atoms with E-state index in [0.717, 1.165) is 28.2 Å². The van der Waals surface area contributed by atoms with Crippen LogP contribution in [0, 0.1) is 5.41 Å². The van der Waals surface area contributed by atoms with Gasteiger partial charge in [0.2, 0.25) is 16.2 Å². The molecule has 1 amide bonds. The zero-order chi connectivity index (χ0) is 21.2. The summed E-state index contributed by atoms with van der Waals surface area (Å²) in [5, 5.41) is 18.5. The molecule has 154 valence electrons. The van der Waals surface area contributed by atoms with Crippen molar-refractivity contribution in [3.8, 4) is 16.3 Å². The van der Waals surface area contributed by atoms with Gasteiger partial charge in [-0.3, -0.25) is 9.52 Å². The molecule has 1 aromatic carbocycles. The predicted molar refractivity (Wildman–Crippen MR) is 111 cm³/mol. The molecule has 0 fully saturated rings. The van der Waals surface area contributed by atoms with Gasteiger partial charge in [0, 0.05) is 11.0 Å². The Labute approximate surface area is 175 Å². The van der Waals surface area contributed by atoms with Gasteiger partial charge in [-0.1, -0.05) is 43.4 Å². The van der Waals surface area contributed by atoms with Gasteiger partial charge in [0.1, 0.15) is 10.8 Å². The van der Waals surface area contributed by atoms with E-state index < -0.39 is 15.4 Å². The lowest BCUT2D eigenvalue weighted by atomic mass is 9.96. The number of carbonyl (C=O) groups excluding carboxylic acids is 1. The molecule has 0 aliphatic rings. The number of carbonyl (C=O) groups is 1. The van der Waals surface area contributed by atoms with Crippen LogP contribution in [0.5, 0.6) is 5.75 Å². The summed E-state index contributed by atoms with van der Waals surface area (Å²) in [4.78, 5) is 12.0. The van der Waals surface area contributed by atoms with E-state index >= 15 is 0 Å². The van der Waals surface area contributed by atoms with Crippen LogP contribution >= 0.6 is 22.7 Å². The van der Waals surface area contributed by atoms with E-state index in [9.17, 15) is 13.2 Å². The Bertz CT molecular complexity index is 1120. The standard InChI is InChI=1S/C16H18N6O4S3/c1-16(2,3)12(23)17-13-19-21-15(28-13)29(24,25)22-14-20-18-11(27-14)9-5-7-10(26-4)8-6-9/h5-8H,1-4H3,(H,20,22)(H,17,19,23). The zero-order valence-corrected chi connectivity index (χ0v) is 18.4. The zero-order valence-electron chi connectivity index (χ0n) is 16.0. The molecule has 0 saturated carbocycles. The molecule has 3 aromatic rings. The van der Waals surface area contributed by atoms with E-state index in [1.807, 2.05) is 0 Å². The number of hydrogen-bond acceptors (Lipinski definition) is 10. The van der Waals surface area contributed by atoms with E-state index in [-0.39, 0.29) is 20.5 Å². The minimum atomic E-state index is -4.01. The van der Waals surface area contributed by atoms with Crippen molar-refractivity contribution in [1.29, 1.82) is 0 Å². The fraction of sp³-hybridized carbons (Fsp3) is 0.312. The highest BCUT2D eigenvalue weighted by atomic mass is 32.2. The maximum Gasteiger partial charge on any atom is 0.293 e. The highest BCUT2D eigenvalue weighted by Gasteiger charge is 2.26. The highest BCUT2D eigenvalue weighted by molar-refractivity contribution is 7.94. The molecule has 2 heterocycles. The number of hydrogen-bond donors (Lipinski definition) is 2. The molecular weight excluding hydrogens is 436 g/mol. The SMILES string of the molecule is COc1ccc(-c2nnc(NS(=O)(=O)c3nnc(NC(=O)C(C)(C)C)s3)s2)cc1. The molecule has 13 heteroatoms. The number of amides is 1. The monoisotopic (exact) mass is 454 g/mol. The van der Waals surface area contributed by atoms with Crippen LogP contribution < -0.4 is 14.8 Å².